The molecule has 0 saturated carbocycles. The second-order valence-electron chi connectivity index (χ2n) is 3.85. The fourth-order valence-electron chi connectivity index (χ4n) is 1.46. The van der Waals surface area contributed by atoms with E-state index in [1.807, 2.05) is 13.0 Å². The second kappa shape index (κ2) is 5.39. The molecule has 2 aromatic rings. The molecule has 5 heteroatoms. The average Bonchev–Trinajstić information content (AvgIpc) is 2.24. The summed E-state index contributed by atoms with van der Waals surface area (Å²) in [4.78, 5) is 0. The molecular weight excluding hydrogens is 337 g/mol. The van der Waals surface area contributed by atoms with Gasteiger partial charge in [0, 0.05) is 15.7 Å². The lowest BCUT2D eigenvalue weighted by atomic mass is 10.2. The fraction of sp³-hybridized carbons (Fsp3) is 0.0769. The molecule has 2 nitrogen and oxygen atoms in total. The quantitative estimate of drug-likeness (QED) is 0.735. The Morgan fingerprint density at radius 3 is 2.28 bits per heavy atom. The van der Waals surface area contributed by atoms with E-state index in [-0.39, 0.29) is 0 Å². The maximum atomic E-state index is 5.92. The Kier molecular flexibility index (Phi) is 4.05. The van der Waals surface area contributed by atoms with E-state index in [1.54, 1.807) is 24.3 Å². The zero-order valence-electron chi connectivity index (χ0n) is 9.51. The van der Waals surface area contributed by atoms with E-state index in [9.17, 15) is 0 Å². The van der Waals surface area contributed by atoms with Crippen molar-refractivity contribution in [1.29, 1.82) is 0 Å². The molecule has 0 saturated heterocycles. The third kappa shape index (κ3) is 3.10. The lowest BCUT2D eigenvalue weighted by Gasteiger charge is -2.11. The van der Waals surface area contributed by atoms with Gasteiger partial charge in [-0.3, -0.25) is 0 Å². The van der Waals surface area contributed by atoms with Crippen LogP contribution in [-0.4, -0.2) is 0 Å². The number of halogens is 3. The summed E-state index contributed by atoms with van der Waals surface area (Å²) in [6, 6.07) is 8.71. The van der Waals surface area contributed by atoms with Gasteiger partial charge in [0.05, 0.1) is 4.47 Å². The first kappa shape index (κ1) is 13.5. The molecule has 0 bridgehead atoms. The number of hydrogen-bond donors (Lipinski definition) is 1. The summed E-state index contributed by atoms with van der Waals surface area (Å²) in [5.74, 6) is 1.25. The summed E-state index contributed by atoms with van der Waals surface area (Å²) in [6.45, 7) is 1.92. The van der Waals surface area contributed by atoms with Gasteiger partial charge < -0.3 is 10.5 Å². The topological polar surface area (TPSA) is 35.2 Å². The van der Waals surface area contributed by atoms with E-state index >= 15 is 0 Å². The van der Waals surface area contributed by atoms with Crippen LogP contribution in [0.25, 0.3) is 0 Å². The summed E-state index contributed by atoms with van der Waals surface area (Å²) in [5.41, 5.74) is 7.46. The molecular formula is C13H10BrCl2NO. The van der Waals surface area contributed by atoms with Gasteiger partial charge in [0.1, 0.15) is 11.5 Å². The normalized spacial score (nSPS) is 10.4. The van der Waals surface area contributed by atoms with Crippen molar-refractivity contribution >= 4 is 44.8 Å². The van der Waals surface area contributed by atoms with E-state index in [4.69, 9.17) is 33.7 Å². The van der Waals surface area contributed by atoms with Crippen LogP contribution < -0.4 is 10.5 Å². The molecule has 0 aliphatic carbocycles. The molecule has 94 valence electrons. The van der Waals surface area contributed by atoms with Crippen LogP contribution in [0.4, 0.5) is 5.69 Å². The first-order valence-electron chi connectivity index (χ1n) is 5.15. The third-order valence-electron chi connectivity index (χ3n) is 2.38. The molecule has 18 heavy (non-hydrogen) atoms. The molecule has 2 N–H and O–H groups in total. The highest BCUT2D eigenvalue weighted by molar-refractivity contribution is 9.10. The fourth-order valence-corrected chi connectivity index (χ4v) is 2.41. The highest BCUT2D eigenvalue weighted by Gasteiger charge is 2.07. The van der Waals surface area contributed by atoms with Gasteiger partial charge >= 0.3 is 0 Å². The summed E-state index contributed by atoms with van der Waals surface area (Å²) in [5, 5.41) is 1.06. The molecule has 0 spiro atoms. The van der Waals surface area contributed by atoms with Crippen LogP contribution in [0.1, 0.15) is 5.56 Å². The number of rotatable bonds is 2. The Bertz CT molecular complexity index is 582. The predicted octanol–water partition coefficient (Wildman–Crippen LogP) is 5.44. The average molecular weight is 347 g/mol. The van der Waals surface area contributed by atoms with Gasteiger partial charge in [0.2, 0.25) is 0 Å². The molecule has 2 rings (SSSR count). The molecule has 0 fully saturated rings. The molecule has 0 amide bonds. The van der Waals surface area contributed by atoms with Crippen molar-refractivity contribution in [2.45, 2.75) is 6.92 Å². The SMILES string of the molecule is Cc1cc(Oc2cc(Cl)cc(Cl)c2)c(Br)cc1N. The number of aryl methyl sites for hydroxylation is 1. The third-order valence-corrected chi connectivity index (χ3v) is 3.44. The molecule has 0 heterocycles. The van der Waals surface area contributed by atoms with Crippen molar-refractivity contribution < 1.29 is 4.74 Å². The Labute approximate surface area is 124 Å². The van der Waals surface area contributed by atoms with Crippen LogP contribution in [0.2, 0.25) is 10.0 Å². The van der Waals surface area contributed by atoms with E-state index in [0.717, 1.165) is 10.0 Å². The second-order valence-corrected chi connectivity index (χ2v) is 5.57. The summed E-state index contributed by atoms with van der Waals surface area (Å²) < 4.78 is 6.51. The Morgan fingerprint density at radius 2 is 1.67 bits per heavy atom. The Balaban J connectivity index is 2.36. The van der Waals surface area contributed by atoms with Crippen LogP contribution >= 0.6 is 39.1 Å². The van der Waals surface area contributed by atoms with Crippen molar-refractivity contribution in [1.82, 2.24) is 0 Å². The van der Waals surface area contributed by atoms with Crippen molar-refractivity contribution in [3.05, 3.63) is 50.4 Å². The van der Waals surface area contributed by atoms with Crippen molar-refractivity contribution in [3.63, 3.8) is 0 Å². The van der Waals surface area contributed by atoms with Gasteiger partial charge in [-0.05, 0) is 58.7 Å². The van der Waals surface area contributed by atoms with Gasteiger partial charge in [0.15, 0.2) is 0 Å². The molecule has 0 aromatic heterocycles. The summed E-state index contributed by atoms with van der Waals surface area (Å²) in [6.07, 6.45) is 0. The van der Waals surface area contributed by atoms with E-state index < -0.39 is 0 Å². The predicted molar refractivity (Wildman–Crippen MR) is 79.8 cm³/mol. The lowest BCUT2D eigenvalue weighted by molar-refractivity contribution is 0.479. The van der Waals surface area contributed by atoms with Crippen LogP contribution in [0.5, 0.6) is 11.5 Å². The molecule has 0 aliphatic rings. The van der Waals surface area contributed by atoms with E-state index in [2.05, 4.69) is 15.9 Å². The number of nitrogens with two attached hydrogens (primary N) is 1. The molecule has 0 aliphatic heterocycles. The maximum absolute atomic E-state index is 5.92. The summed E-state index contributed by atoms with van der Waals surface area (Å²) >= 11 is 15.2. The van der Waals surface area contributed by atoms with E-state index in [0.29, 0.717) is 27.2 Å². The molecule has 0 atom stereocenters. The van der Waals surface area contributed by atoms with Crippen LogP contribution in [0.15, 0.2) is 34.8 Å². The Morgan fingerprint density at radius 1 is 1.06 bits per heavy atom. The maximum Gasteiger partial charge on any atom is 0.142 e. The minimum Gasteiger partial charge on any atom is -0.456 e. The number of benzene rings is 2. The number of hydrogen-bond acceptors (Lipinski definition) is 2. The van der Waals surface area contributed by atoms with Gasteiger partial charge in [0.25, 0.3) is 0 Å². The monoisotopic (exact) mass is 345 g/mol. The minimum atomic E-state index is 0.529. The first-order valence-corrected chi connectivity index (χ1v) is 6.70. The highest BCUT2D eigenvalue weighted by atomic mass is 79.9. The van der Waals surface area contributed by atoms with Gasteiger partial charge in [-0.1, -0.05) is 23.2 Å². The zero-order chi connectivity index (χ0) is 13.3. The molecule has 2 aromatic carbocycles. The lowest BCUT2D eigenvalue weighted by Crippen LogP contribution is -1.92. The zero-order valence-corrected chi connectivity index (χ0v) is 12.6. The molecule has 0 unspecified atom stereocenters. The van der Waals surface area contributed by atoms with Gasteiger partial charge in [-0.15, -0.1) is 0 Å². The van der Waals surface area contributed by atoms with E-state index in [1.165, 1.54) is 0 Å². The minimum absolute atomic E-state index is 0.529. The summed E-state index contributed by atoms with van der Waals surface area (Å²) in [7, 11) is 0. The van der Waals surface area contributed by atoms with Crippen molar-refractivity contribution in [2.75, 3.05) is 5.73 Å². The Hall–Kier alpha value is -0.900. The first-order chi connectivity index (χ1) is 8.45. The number of ether oxygens (including phenoxy) is 1. The molecule has 0 radical (unpaired) electrons. The van der Waals surface area contributed by atoms with Crippen LogP contribution in [0.3, 0.4) is 0 Å². The van der Waals surface area contributed by atoms with Crippen molar-refractivity contribution in [3.8, 4) is 11.5 Å². The number of anilines is 1. The van der Waals surface area contributed by atoms with Gasteiger partial charge in [-0.25, -0.2) is 0 Å². The largest absolute Gasteiger partial charge is 0.456 e. The van der Waals surface area contributed by atoms with Crippen LogP contribution in [0, 0.1) is 6.92 Å². The number of nitrogen functional groups attached to an aromatic ring is 1. The van der Waals surface area contributed by atoms with Crippen LogP contribution in [-0.2, 0) is 0 Å². The highest BCUT2D eigenvalue weighted by Crippen LogP contribution is 2.35. The smallest absolute Gasteiger partial charge is 0.142 e. The standard InChI is InChI=1S/C13H10BrCl2NO/c1-7-2-13(11(14)6-12(7)17)18-10-4-8(15)3-9(16)5-10/h2-6H,17H2,1H3. The van der Waals surface area contributed by atoms with Crippen molar-refractivity contribution in [2.24, 2.45) is 0 Å². The van der Waals surface area contributed by atoms with Gasteiger partial charge in [-0.2, -0.15) is 0 Å².